The van der Waals surface area contributed by atoms with E-state index in [1.807, 2.05) is 0 Å². The summed E-state index contributed by atoms with van der Waals surface area (Å²) in [5.74, 6) is 0.418. The number of halogens is 1. The van der Waals surface area contributed by atoms with Crippen molar-refractivity contribution in [3.05, 3.63) is 23.8 Å². The summed E-state index contributed by atoms with van der Waals surface area (Å²) in [4.78, 5) is 14.2. The zero-order chi connectivity index (χ0) is 14.3. The van der Waals surface area contributed by atoms with Gasteiger partial charge in [-0.05, 0) is 31.3 Å². The monoisotopic (exact) mass is 301 g/mol. The fraction of sp³-hybridized carbons (Fsp3) is 0.500. The van der Waals surface area contributed by atoms with Crippen LogP contribution in [0.25, 0.3) is 0 Å². The van der Waals surface area contributed by atoms with Gasteiger partial charge in [0, 0.05) is 18.7 Å². The molecule has 0 saturated carbocycles. The van der Waals surface area contributed by atoms with Gasteiger partial charge in [-0.25, -0.2) is 0 Å². The van der Waals surface area contributed by atoms with Crippen molar-refractivity contribution in [2.24, 2.45) is 0 Å². The van der Waals surface area contributed by atoms with Crippen LogP contribution in [0.15, 0.2) is 18.2 Å². The number of methoxy groups -OCH3 is 1. The Balaban J connectivity index is 0.00000361. The molecule has 0 spiro atoms. The number of amides is 1. The van der Waals surface area contributed by atoms with Crippen LogP contribution in [0.3, 0.4) is 0 Å². The van der Waals surface area contributed by atoms with Crippen LogP contribution in [-0.2, 0) is 0 Å². The number of anilines is 1. The summed E-state index contributed by atoms with van der Waals surface area (Å²) >= 11 is 0. The third kappa shape index (κ3) is 5.27. The normalized spacial score (nSPS) is 10.0. The number of carbonyl (C=O) groups is 1. The quantitative estimate of drug-likeness (QED) is 0.753. The Kier molecular flexibility index (Phi) is 8.76. The number of ether oxygens (including phenoxy) is 1. The van der Waals surface area contributed by atoms with Gasteiger partial charge >= 0.3 is 0 Å². The molecule has 0 bridgehead atoms. The maximum Gasteiger partial charge on any atom is 0.251 e. The molecule has 1 aromatic carbocycles. The van der Waals surface area contributed by atoms with Crippen molar-refractivity contribution in [1.29, 1.82) is 0 Å². The lowest BCUT2D eigenvalue weighted by atomic mass is 10.2. The molecule has 1 rings (SSSR count). The molecule has 0 aliphatic rings. The van der Waals surface area contributed by atoms with Crippen molar-refractivity contribution in [2.75, 3.05) is 39.0 Å². The van der Waals surface area contributed by atoms with Crippen LogP contribution in [0.5, 0.6) is 5.75 Å². The molecule has 0 radical (unpaired) electrons. The maximum atomic E-state index is 12.0. The van der Waals surface area contributed by atoms with E-state index in [1.165, 1.54) is 7.11 Å². The smallest absolute Gasteiger partial charge is 0.251 e. The molecule has 0 unspecified atom stereocenters. The lowest BCUT2D eigenvalue weighted by Crippen LogP contribution is -2.34. The Labute approximate surface area is 126 Å². The fourth-order valence-corrected chi connectivity index (χ4v) is 1.82. The van der Waals surface area contributed by atoms with Gasteiger partial charge in [-0.2, -0.15) is 0 Å². The van der Waals surface area contributed by atoms with E-state index in [0.29, 0.717) is 23.5 Å². The molecule has 0 aromatic heterocycles. The summed E-state index contributed by atoms with van der Waals surface area (Å²) in [6.45, 7) is 7.68. The van der Waals surface area contributed by atoms with Gasteiger partial charge in [0.25, 0.3) is 5.91 Å². The van der Waals surface area contributed by atoms with Gasteiger partial charge in [-0.1, -0.05) is 13.8 Å². The summed E-state index contributed by atoms with van der Waals surface area (Å²) in [7, 11) is 1.54. The van der Waals surface area contributed by atoms with Gasteiger partial charge in [0.15, 0.2) is 0 Å². The molecule has 1 amide bonds. The van der Waals surface area contributed by atoms with E-state index in [9.17, 15) is 4.79 Å². The zero-order valence-electron chi connectivity index (χ0n) is 12.3. The highest BCUT2D eigenvalue weighted by Crippen LogP contribution is 2.21. The molecule has 6 heteroatoms. The maximum absolute atomic E-state index is 12.0. The van der Waals surface area contributed by atoms with Crippen LogP contribution in [0.2, 0.25) is 0 Å². The largest absolute Gasteiger partial charge is 0.495 e. The van der Waals surface area contributed by atoms with Crippen LogP contribution in [-0.4, -0.2) is 44.1 Å². The van der Waals surface area contributed by atoms with Gasteiger partial charge in [-0.3, -0.25) is 4.79 Å². The number of benzene rings is 1. The Morgan fingerprint density at radius 2 is 2.00 bits per heavy atom. The van der Waals surface area contributed by atoms with Gasteiger partial charge in [0.1, 0.15) is 5.75 Å². The van der Waals surface area contributed by atoms with Crippen LogP contribution in [0.4, 0.5) is 5.69 Å². The minimum Gasteiger partial charge on any atom is -0.495 e. The summed E-state index contributed by atoms with van der Waals surface area (Å²) < 4.78 is 5.10. The lowest BCUT2D eigenvalue weighted by Gasteiger charge is -2.18. The van der Waals surface area contributed by atoms with Crippen molar-refractivity contribution in [3.63, 3.8) is 0 Å². The highest BCUT2D eigenvalue weighted by atomic mass is 35.5. The Morgan fingerprint density at radius 3 is 2.55 bits per heavy atom. The van der Waals surface area contributed by atoms with Gasteiger partial charge in [0.2, 0.25) is 0 Å². The minimum atomic E-state index is -0.106. The summed E-state index contributed by atoms with van der Waals surface area (Å²) in [5, 5.41) is 2.89. The molecule has 20 heavy (non-hydrogen) atoms. The minimum absolute atomic E-state index is 0. The molecule has 0 saturated heterocycles. The molecule has 1 aromatic rings. The van der Waals surface area contributed by atoms with Gasteiger partial charge in [-0.15, -0.1) is 12.4 Å². The molecule has 0 heterocycles. The zero-order valence-corrected chi connectivity index (χ0v) is 13.1. The first-order valence-electron chi connectivity index (χ1n) is 6.56. The van der Waals surface area contributed by atoms with E-state index < -0.39 is 0 Å². The number of rotatable bonds is 7. The highest BCUT2D eigenvalue weighted by molar-refractivity contribution is 5.95. The SMILES string of the molecule is CCN(CC)CCNC(=O)c1ccc(N)c(OC)c1.Cl. The first kappa shape index (κ1) is 18.5. The molecular weight excluding hydrogens is 278 g/mol. The molecule has 114 valence electrons. The van der Waals surface area contributed by atoms with Crippen molar-refractivity contribution < 1.29 is 9.53 Å². The molecule has 0 aliphatic heterocycles. The number of nitrogens with zero attached hydrogens (tertiary/aromatic N) is 1. The molecule has 0 fully saturated rings. The molecule has 3 N–H and O–H groups in total. The molecular formula is C14H24ClN3O2. The number of nitrogens with one attached hydrogen (secondary N) is 1. The number of likely N-dealkylation sites (N-methyl/N-ethyl adjacent to an activating group) is 1. The Hall–Kier alpha value is -1.46. The predicted octanol–water partition coefficient (Wildman–Crippen LogP) is 1.77. The Morgan fingerprint density at radius 1 is 1.35 bits per heavy atom. The number of nitrogen functional groups attached to an aromatic ring is 1. The van der Waals surface area contributed by atoms with E-state index in [-0.39, 0.29) is 18.3 Å². The second-order valence-electron chi connectivity index (χ2n) is 4.24. The van der Waals surface area contributed by atoms with Gasteiger partial charge < -0.3 is 20.7 Å². The topological polar surface area (TPSA) is 67.6 Å². The van der Waals surface area contributed by atoms with Crippen molar-refractivity contribution in [1.82, 2.24) is 10.2 Å². The lowest BCUT2D eigenvalue weighted by molar-refractivity contribution is 0.0948. The van der Waals surface area contributed by atoms with Crippen molar-refractivity contribution in [2.45, 2.75) is 13.8 Å². The van der Waals surface area contributed by atoms with Crippen LogP contribution >= 0.6 is 12.4 Å². The third-order valence-electron chi connectivity index (χ3n) is 3.10. The van der Waals surface area contributed by atoms with E-state index in [1.54, 1.807) is 18.2 Å². The standard InChI is InChI=1S/C14H23N3O2.ClH/c1-4-17(5-2)9-8-16-14(18)11-6-7-12(15)13(10-11)19-3;/h6-7,10H,4-5,8-9,15H2,1-3H3,(H,16,18);1H. The van der Waals surface area contributed by atoms with E-state index in [4.69, 9.17) is 10.5 Å². The summed E-state index contributed by atoms with van der Waals surface area (Å²) in [6.07, 6.45) is 0. The second-order valence-corrected chi connectivity index (χ2v) is 4.24. The van der Waals surface area contributed by atoms with Crippen LogP contribution in [0, 0.1) is 0 Å². The second kappa shape index (κ2) is 9.44. The number of nitrogens with two attached hydrogens (primary N) is 1. The van der Waals surface area contributed by atoms with Gasteiger partial charge in [0.05, 0.1) is 12.8 Å². The number of carbonyl (C=O) groups excluding carboxylic acids is 1. The summed E-state index contributed by atoms with van der Waals surface area (Å²) in [6, 6.07) is 5.03. The average molecular weight is 302 g/mol. The van der Waals surface area contributed by atoms with Crippen LogP contribution in [0.1, 0.15) is 24.2 Å². The number of hydrogen-bond acceptors (Lipinski definition) is 4. The predicted molar refractivity (Wildman–Crippen MR) is 84.8 cm³/mol. The Bertz CT molecular complexity index is 423. The molecule has 5 nitrogen and oxygen atoms in total. The first-order valence-corrected chi connectivity index (χ1v) is 6.56. The van der Waals surface area contributed by atoms with Crippen molar-refractivity contribution >= 4 is 24.0 Å². The third-order valence-corrected chi connectivity index (χ3v) is 3.10. The highest BCUT2D eigenvalue weighted by Gasteiger charge is 2.08. The van der Waals surface area contributed by atoms with E-state index in [2.05, 4.69) is 24.1 Å². The van der Waals surface area contributed by atoms with E-state index in [0.717, 1.165) is 19.6 Å². The van der Waals surface area contributed by atoms with E-state index >= 15 is 0 Å². The van der Waals surface area contributed by atoms with Crippen molar-refractivity contribution in [3.8, 4) is 5.75 Å². The molecule has 0 atom stereocenters. The first-order chi connectivity index (χ1) is 9.12. The number of hydrogen-bond donors (Lipinski definition) is 2. The summed E-state index contributed by atoms with van der Waals surface area (Å²) in [5.41, 5.74) is 6.80. The van der Waals surface area contributed by atoms with Crippen LogP contribution < -0.4 is 15.8 Å². The average Bonchev–Trinajstić information content (AvgIpc) is 2.44. The fourth-order valence-electron chi connectivity index (χ4n) is 1.82. The molecule has 0 aliphatic carbocycles.